The van der Waals surface area contributed by atoms with Crippen LogP contribution in [-0.2, 0) is 0 Å². The van der Waals surface area contributed by atoms with E-state index in [9.17, 15) is 0 Å². The van der Waals surface area contributed by atoms with E-state index in [0.717, 1.165) is 54.7 Å². The van der Waals surface area contributed by atoms with Gasteiger partial charge in [-0.2, -0.15) is 0 Å². The highest BCUT2D eigenvalue weighted by Crippen LogP contribution is 2.38. The highest BCUT2D eigenvalue weighted by molar-refractivity contribution is 6.73. The second-order valence-electron chi connectivity index (χ2n) is 19.2. The molecular formula is C54H14B22N2. The fraction of sp³-hybridized carbons (Fsp3) is 0. The van der Waals surface area contributed by atoms with Crippen molar-refractivity contribution in [2.45, 2.75) is 0 Å². The predicted octanol–water partition coefficient (Wildman–Crippen LogP) is -12.0. The van der Waals surface area contributed by atoms with Gasteiger partial charge in [-0.3, -0.25) is 0 Å². The summed E-state index contributed by atoms with van der Waals surface area (Å²) >= 11 is 0. The molecule has 0 unspecified atom stereocenters. The minimum Gasteiger partial charge on any atom is -0.310 e. The van der Waals surface area contributed by atoms with Crippen molar-refractivity contribution in [2.24, 2.45) is 0 Å². The van der Waals surface area contributed by atoms with Crippen LogP contribution in [0.2, 0.25) is 0 Å². The normalized spacial score (nSPS) is 11.7. The van der Waals surface area contributed by atoms with Crippen LogP contribution in [0.15, 0.2) is 84.9 Å². The van der Waals surface area contributed by atoms with Gasteiger partial charge in [0.15, 0.2) is 0 Å². The minimum atomic E-state index is -0.0914. The van der Waals surface area contributed by atoms with Gasteiger partial charge >= 0.3 is 0 Å². The number of benzene rings is 9. The van der Waals surface area contributed by atoms with E-state index in [1.807, 2.05) is 81.9 Å². The molecule has 2 nitrogen and oxygen atoms in total. The maximum atomic E-state index is 7.08. The van der Waals surface area contributed by atoms with Crippen LogP contribution in [0.25, 0.3) is 99.5 Å². The van der Waals surface area contributed by atoms with Crippen LogP contribution in [0.4, 0.5) is 0 Å². The molecule has 0 N–H and O–H groups in total. The van der Waals surface area contributed by atoms with E-state index in [1.165, 1.54) is 0 Å². The van der Waals surface area contributed by atoms with Gasteiger partial charge in [0, 0.05) is 32.9 Å². The van der Waals surface area contributed by atoms with Gasteiger partial charge in [-0.1, -0.05) is 130 Å². The molecule has 9 aromatic carbocycles. The molecule has 0 fully saturated rings. The lowest BCUT2D eigenvalue weighted by Gasteiger charge is -2.31. The van der Waals surface area contributed by atoms with E-state index >= 15 is 0 Å². The second kappa shape index (κ2) is 19.4. The van der Waals surface area contributed by atoms with Gasteiger partial charge in [0.05, 0.1) is 22.1 Å². The predicted molar refractivity (Wildman–Crippen MR) is 355 cm³/mol. The van der Waals surface area contributed by atoms with Crippen LogP contribution in [0, 0.1) is 0 Å². The standard InChI is InChI=1S/C54H14B22N2/c55-31-25(27-34(58)43(67)47(71)44(68)35(27)59)32(56)42(66)33(57)26(31)28-38(62)49(73)53(50(74)39(28)63)77-21-7-3-1-5-17(21)19-13-15(9-11-23(19)77)16-10-12-24-20(14-16)18-6-2-4-8-22(18)78(24)54-51(75)40(64)30(41(65)52(54)76)29-36(60)45(69)48(72)46(70)37(29)61/h1-14H. The molecule has 2 heterocycles. The summed E-state index contributed by atoms with van der Waals surface area (Å²) in [5, 5.41) is 3.48. The van der Waals surface area contributed by atoms with Crippen molar-refractivity contribution >= 4 is 336 Å². The molecule has 0 bridgehead atoms. The fourth-order valence-corrected chi connectivity index (χ4v) is 11.0. The molecule has 24 heteroatoms. The Morgan fingerprint density at radius 3 is 0.705 bits per heavy atom. The molecule has 0 amide bonds. The summed E-state index contributed by atoms with van der Waals surface area (Å²) < 4.78 is 3.82. The van der Waals surface area contributed by atoms with E-state index in [2.05, 4.69) is 12.1 Å². The summed E-state index contributed by atoms with van der Waals surface area (Å²) in [5.41, 5.74) is 6.00. The van der Waals surface area contributed by atoms with Gasteiger partial charge in [0.1, 0.15) is 173 Å². The highest BCUT2D eigenvalue weighted by atomic mass is 15.0. The Morgan fingerprint density at radius 1 is 0.192 bits per heavy atom. The van der Waals surface area contributed by atoms with Gasteiger partial charge in [-0.05, 0) is 80.9 Å². The lowest BCUT2D eigenvalue weighted by Crippen LogP contribution is -2.57. The smallest absolute Gasteiger partial charge is 0.115 e. The van der Waals surface area contributed by atoms with E-state index in [-0.39, 0.29) is 154 Å². The third-order valence-electron chi connectivity index (χ3n) is 15.2. The monoisotopic (exact) mass is 932 g/mol. The van der Waals surface area contributed by atoms with Gasteiger partial charge < -0.3 is 9.13 Å². The molecule has 0 atom stereocenters. The molecule has 11 aromatic rings. The summed E-state index contributed by atoms with van der Waals surface area (Å²) in [6, 6.07) is 27.7. The topological polar surface area (TPSA) is 9.86 Å². The summed E-state index contributed by atoms with van der Waals surface area (Å²) in [4.78, 5) is 0. The maximum absolute atomic E-state index is 7.08. The minimum absolute atomic E-state index is 0.0127. The molecule has 78 heavy (non-hydrogen) atoms. The van der Waals surface area contributed by atoms with Gasteiger partial charge in [-0.25, -0.2) is 0 Å². The molecule has 0 aliphatic rings. The zero-order valence-electron chi connectivity index (χ0n) is 41.7. The Morgan fingerprint density at radius 2 is 0.410 bits per heavy atom. The largest absolute Gasteiger partial charge is 0.310 e. The van der Waals surface area contributed by atoms with Crippen molar-refractivity contribution < 1.29 is 0 Å². The summed E-state index contributed by atoms with van der Waals surface area (Å²) in [6.07, 6.45) is 0. The van der Waals surface area contributed by atoms with E-state index in [0.29, 0.717) is 11.4 Å². The van der Waals surface area contributed by atoms with E-state index in [4.69, 9.17) is 173 Å². The molecule has 0 saturated carbocycles. The Hall–Kier alpha value is -5.99. The molecule has 0 aliphatic carbocycles. The number of nitrogens with zero attached hydrogens (tertiary/aromatic N) is 2. The summed E-state index contributed by atoms with van der Waals surface area (Å²) in [5.74, 6) is 0. The third kappa shape index (κ3) is 7.56. The second-order valence-corrected chi connectivity index (χ2v) is 19.2. The third-order valence-corrected chi connectivity index (χ3v) is 15.2. The lowest BCUT2D eigenvalue weighted by molar-refractivity contribution is 1.21. The number of rotatable bonds is 6. The van der Waals surface area contributed by atoms with Crippen molar-refractivity contribution in [3.8, 4) is 55.9 Å². The van der Waals surface area contributed by atoms with Crippen LogP contribution in [0.5, 0.6) is 0 Å². The van der Waals surface area contributed by atoms with Gasteiger partial charge in [0.25, 0.3) is 0 Å². The first-order valence-corrected chi connectivity index (χ1v) is 23.8. The number of fused-ring (bicyclic) bond motifs is 6. The van der Waals surface area contributed by atoms with Crippen molar-refractivity contribution in [1.29, 1.82) is 0 Å². The zero-order valence-corrected chi connectivity index (χ0v) is 41.7. The van der Waals surface area contributed by atoms with Gasteiger partial charge in [-0.15, -0.1) is 38.2 Å². The van der Waals surface area contributed by atoms with Crippen LogP contribution >= 0.6 is 0 Å². The Labute approximate surface area is 483 Å². The molecule has 44 radical (unpaired) electrons. The molecule has 0 spiro atoms. The summed E-state index contributed by atoms with van der Waals surface area (Å²) in [6.45, 7) is 0. The number of aromatic nitrogens is 2. The SMILES string of the molecule is [B]c1c([B])c([B])c(-c2c([B])c([B])c(-n3c4ccccc4c4cc(-c5ccc6c(c5)c5ccccc5n6-c5c([B])c([B])c(-c6c([B])c([B])c([B])c(-c7c([B])c([B])c([B])c([B])c7[B])c6[B])c([B])c5[B])ccc43)c([B])c2[B])c([B])c1[B]. The first-order valence-electron chi connectivity index (χ1n) is 23.8. The quantitative estimate of drug-likeness (QED) is 0.147. The van der Waals surface area contributed by atoms with E-state index < -0.39 is 0 Å². The van der Waals surface area contributed by atoms with Crippen LogP contribution in [0.3, 0.4) is 0 Å². The summed E-state index contributed by atoms with van der Waals surface area (Å²) in [7, 11) is 146. The van der Waals surface area contributed by atoms with E-state index in [1.54, 1.807) is 0 Å². The average molecular weight is 929 g/mol. The molecule has 2 aromatic heterocycles. The molecule has 0 saturated heterocycles. The molecular weight excluding hydrogens is 914 g/mol. The molecule has 0 aliphatic heterocycles. The average Bonchev–Trinajstić information content (AvgIpc) is 4.08. The highest BCUT2D eigenvalue weighted by Gasteiger charge is 2.27. The van der Waals surface area contributed by atoms with Crippen LogP contribution in [-0.4, -0.2) is 182 Å². The fourth-order valence-electron chi connectivity index (χ4n) is 11.0. The lowest BCUT2D eigenvalue weighted by atomic mass is 9.55. The first-order chi connectivity index (χ1) is 36.9. The van der Waals surface area contributed by atoms with Gasteiger partial charge in [0.2, 0.25) is 0 Å². The molecule has 11 rings (SSSR count). The number of hydrogen-bond donors (Lipinski definition) is 0. The Balaban J connectivity index is 1.07. The maximum Gasteiger partial charge on any atom is 0.115 e. The first kappa shape index (κ1) is 54.0. The van der Waals surface area contributed by atoms with Crippen molar-refractivity contribution in [1.82, 2.24) is 9.13 Å². The number of para-hydroxylation sites is 2. The van der Waals surface area contributed by atoms with Crippen LogP contribution < -0.4 is 120 Å². The molecule has 306 valence electrons. The van der Waals surface area contributed by atoms with Crippen molar-refractivity contribution in [3.63, 3.8) is 0 Å². The Bertz CT molecular complexity index is 4420. The van der Waals surface area contributed by atoms with Crippen molar-refractivity contribution in [3.05, 3.63) is 84.9 Å². The Kier molecular flexibility index (Phi) is 13.4. The van der Waals surface area contributed by atoms with Crippen molar-refractivity contribution in [2.75, 3.05) is 0 Å². The number of hydrogen-bond acceptors (Lipinski definition) is 0. The zero-order chi connectivity index (χ0) is 56.1. The van der Waals surface area contributed by atoms with Crippen LogP contribution in [0.1, 0.15) is 0 Å².